The number of imidazole rings is 1. The molecule has 0 bridgehead atoms. The van der Waals surface area contributed by atoms with Gasteiger partial charge in [-0.05, 0) is 32.2 Å². The lowest BCUT2D eigenvalue weighted by atomic mass is 10.2. The number of hydrogen-bond donors (Lipinski definition) is 0. The summed E-state index contributed by atoms with van der Waals surface area (Å²) in [6.07, 6.45) is 0. The van der Waals surface area contributed by atoms with Crippen molar-refractivity contribution in [3.63, 3.8) is 0 Å². The normalized spacial score (nSPS) is 14.8. The number of thiophene rings is 1. The Kier molecular flexibility index (Phi) is 3.34. The van der Waals surface area contributed by atoms with E-state index < -0.39 is 0 Å². The maximum Gasteiger partial charge on any atom is 0.159 e. The predicted molar refractivity (Wildman–Crippen MR) is 83.6 cm³/mol. The number of nitrogens with zero attached hydrogens (tertiary/aromatic N) is 4. The number of alkyl halides is 1. The minimum absolute atomic E-state index is 0.135. The van der Waals surface area contributed by atoms with Crippen LogP contribution in [-0.4, -0.2) is 19.3 Å². The average molecular weight is 309 g/mol. The maximum atomic E-state index is 6.34. The summed E-state index contributed by atoms with van der Waals surface area (Å²) < 4.78 is 4.10. The van der Waals surface area contributed by atoms with Gasteiger partial charge in [0.05, 0.1) is 17.1 Å². The molecule has 2 atom stereocenters. The van der Waals surface area contributed by atoms with E-state index in [0.29, 0.717) is 0 Å². The van der Waals surface area contributed by atoms with E-state index in [2.05, 4.69) is 34.1 Å². The Balaban J connectivity index is 2.28. The van der Waals surface area contributed by atoms with Crippen LogP contribution in [0.3, 0.4) is 0 Å². The monoisotopic (exact) mass is 308 g/mol. The third kappa shape index (κ3) is 1.96. The molecule has 0 amide bonds. The van der Waals surface area contributed by atoms with Crippen molar-refractivity contribution in [3.05, 3.63) is 33.9 Å². The van der Waals surface area contributed by atoms with Crippen LogP contribution in [-0.2, 0) is 7.05 Å². The number of halogens is 1. The molecule has 0 radical (unpaired) electrons. The van der Waals surface area contributed by atoms with Crippen LogP contribution in [0, 0.1) is 6.92 Å². The van der Waals surface area contributed by atoms with Crippen molar-refractivity contribution in [2.24, 2.45) is 7.05 Å². The van der Waals surface area contributed by atoms with Crippen molar-refractivity contribution < 1.29 is 0 Å². The molecule has 106 valence electrons. The summed E-state index contributed by atoms with van der Waals surface area (Å²) in [6.45, 7) is 6.12. The van der Waals surface area contributed by atoms with Gasteiger partial charge in [-0.3, -0.25) is 4.68 Å². The molecule has 3 aromatic heterocycles. The fourth-order valence-corrected chi connectivity index (χ4v) is 3.56. The van der Waals surface area contributed by atoms with E-state index in [9.17, 15) is 0 Å². The molecule has 0 saturated heterocycles. The lowest BCUT2D eigenvalue weighted by molar-refractivity contribution is 0.603. The van der Waals surface area contributed by atoms with Gasteiger partial charge in [-0.2, -0.15) is 5.10 Å². The fourth-order valence-electron chi connectivity index (χ4n) is 2.63. The van der Waals surface area contributed by atoms with Gasteiger partial charge in [0, 0.05) is 11.9 Å². The summed E-state index contributed by atoms with van der Waals surface area (Å²) in [4.78, 5) is 6.01. The van der Waals surface area contributed by atoms with Gasteiger partial charge in [-0.15, -0.1) is 22.9 Å². The highest BCUT2D eigenvalue weighted by molar-refractivity contribution is 7.10. The quantitative estimate of drug-likeness (QED) is 0.684. The Bertz CT molecular complexity index is 739. The lowest BCUT2D eigenvalue weighted by Gasteiger charge is -2.17. The van der Waals surface area contributed by atoms with E-state index in [0.717, 1.165) is 22.7 Å². The number of aromatic nitrogens is 4. The third-order valence-electron chi connectivity index (χ3n) is 3.56. The molecule has 0 saturated carbocycles. The number of hydrogen-bond acceptors (Lipinski definition) is 3. The molecule has 0 fully saturated rings. The molecular formula is C14H17ClN4S. The van der Waals surface area contributed by atoms with Gasteiger partial charge in [0.2, 0.25) is 0 Å². The van der Waals surface area contributed by atoms with E-state index >= 15 is 0 Å². The summed E-state index contributed by atoms with van der Waals surface area (Å²) >= 11 is 8.09. The first-order valence-corrected chi connectivity index (χ1v) is 7.91. The van der Waals surface area contributed by atoms with Gasteiger partial charge in [0.15, 0.2) is 5.65 Å². The first kappa shape index (κ1) is 13.6. The molecule has 2 unspecified atom stereocenters. The summed E-state index contributed by atoms with van der Waals surface area (Å²) in [5.74, 6) is 0.902. The molecule has 6 heteroatoms. The highest BCUT2D eigenvalue weighted by Crippen LogP contribution is 2.33. The van der Waals surface area contributed by atoms with Crippen molar-refractivity contribution >= 4 is 34.1 Å². The largest absolute Gasteiger partial charge is 0.303 e. The second-order valence-corrected chi connectivity index (χ2v) is 6.66. The lowest BCUT2D eigenvalue weighted by Crippen LogP contribution is -2.12. The van der Waals surface area contributed by atoms with Crippen molar-refractivity contribution in [2.45, 2.75) is 32.2 Å². The van der Waals surface area contributed by atoms with E-state index in [-0.39, 0.29) is 11.4 Å². The Morgan fingerprint density at radius 2 is 2.10 bits per heavy atom. The number of aryl methyl sites for hydroxylation is 2. The number of rotatable bonds is 3. The minimum Gasteiger partial charge on any atom is -0.303 e. The molecule has 3 aromatic rings. The Hall–Kier alpha value is -1.33. The second-order valence-electron chi connectivity index (χ2n) is 5.03. The molecule has 0 aliphatic carbocycles. The van der Waals surface area contributed by atoms with Gasteiger partial charge in [0.1, 0.15) is 11.3 Å². The molecule has 4 nitrogen and oxygen atoms in total. The van der Waals surface area contributed by atoms with Crippen LogP contribution in [0.25, 0.3) is 11.2 Å². The zero-order chi connectivity index (χ0) is 14.4. The second kappa shape index (κ2) is 4.90. The van der Waals surface area contributed by atoms with E-state index in [1.165, 1.54) is 4.88 Å². The van der Waals surface area contributed by atoms with Crippen LogP contribution in [0.15, 0.2) is 17.5 Å². The van der Waals surface area contributed by atoms with Crippen LogP contribution < -0.4 is 0 Å². The first-order valence-electron chi connectivity index (χ1n) is 6.59. The van der Waals surface area contributed by atoms with Crippen LogP contribution in [0.4, 0.5) is 0 Å². The van der Waals surface area contributed by atoms with Crippen LogP contribution in [0.5, 0.6) is 0 Å². The van der Waals surface area contributed by atoms with Crippen LogP contribution >= 0.6 is 22.9 Å². The zero-order valence-electron chi connectivity index (χ0n) is 12.0. The standard InChI is InChI=1S/C14H17ClN4S/c1-8(15)13-16-12-9(2)17-18(4)14(12)19(13)10(3)11-6-5-7-20-11/h5-8,10H,1-4H3. The van der Waals surface area contributed by atoms with Gasteiger partial charge in [0.25, 0.3) is 0 Å². The molecule has 3 rings (SSSR count). The van der Waals surface area contributed by atoms with Crippen LogP contribution in [0.2, 0.25) is 0 Å². The number of fused-ring (bicyclic) bond motifs is 1. The van der Waals surface area contributed by atoms with Crippen molar-refractivity contribution in [2.75, 3.05) is 0 Å². The fraction of sp³-hybridized carbons (Fsp3) is 0.429. The molecule has 0 N–H and O–H groups in total. The van der Waals surface area contributed by atoms with Crippen molar-refractivity contribution in [1.29, 1.82) is 0 Å². The summed E-state index contributed by atoms with van der Waals surface area (Å²) in [6, 6.07) is 4.42. The zero-order valence-corrected chi connectivity index (χ0v) is 13.5. The Labute approximate surface area is 127 Å². The Morgan fingerprint density at radius 3 is 2.70 bits per heavy atom. The third-order valence-corrected chi connectivity index (χ3v) is 4.80. The van der Waals surface area contributed by atoms with Crippen molar-refractivity contribution in [1.82, 2.24) is 19.3 Å². The maximum absolute atomic E-state index is 6.34. The summed E-state index contributed by atoms with van der Waals surface area (Å²) in [5.41, 5.74) is 2.92. The smallest absolute Gasteiger partial charge is 0.159 e. The molecule has 20 heavy (non-hydrogen) atoms. The average Bonchev–Trinajstić information content (AvgIpc) is 3.08. The van der Waals surface area contributed by atoms with Crippen LogP contribution in [0.1, 0.15) is 41.7 Å². The SMILES string of the molecule is Cc1nn(C)c2c1nc(C(C)Cl)n2C(C)c1cccs1. The summed E-state index contributed by atoms with van der Waals surface area (Å²) in [7, 11) is 1.96. The molecule has 0 aromatic carbocycles. The highest BCUT2D eigenvalue weighted by Gasteiger charge is 2.24. The molecule has 0 spiro atoms. The van der Waals surface area contributed by atoms with Gasteiger partial charge < -0.3 is 4.57 Å². The van der Waals surface area contributed by atoms with E-state index in [4.69, 9.17) is 16.6 Å². The highest BCUT2D eigenvalue weighted by atomic mass is 35.5. The minimum atomic E-state index is -0.135. The first-order chi connectivity index (χ1) is 9.50. The predicted octanol–water partition coefficient (Wildman–Crippen LogP) is 4.05. The molecule has 0 aliphatic rings. The van der Waals surface area contributed by atoms with Gasteiger partial charge in [-0.25, -0.2) is 4.98 Å². The molecule has 3 heterocycles. The Morgan fingerprint density at radius 1 is 1.35 bits per heavy atom. The van der Waals surface area contributed by atoms with Crippen molar-refractivity contribution in [3.8, 4) is 0 Å². The van der Waals surface area contributed by atoms with Gasteiger partial charge in [-0.1, -0.05) is 6.07 Å². The molecule has 0 aliphatic heterocycles. The van der Waals surface area contributed by atoms with Gasteiger partial charge >= 0.3 is 0 Å². The van der Waals surface area contributed by atoms with E-state index in [1.807, 2.05) is 25.6 Å². The van der Waals surface area contributed by atoms with E-state index in [1.54, 1.807) is 11.3 Å². The summed E-state index contributed by atoms with van der Waals surface area (Å²) in [5, 5.41) is 6.43. The molecular weight excluding hydrogens is 292 g/mol. The topological polar surface area (TPSA) is 35.6 Å².